The minimum atomic E-state index is -0.103. The number of pyridine rings is 1. The Morgan fingerprint density at radius 1 is 1.16 bits per heavy atom. The Morgan fingerprint density at radius 3 is 2.44 bits per heavy atom. The van der Waals surface area contributed by atoms with Gasteiger partial charge in [0.25, 0.3) is 0 Å². The fourth-order valence-corrected chi connectivity index (χ4v) is 2.62. The van der Waals surface area contributed by atoms with Gasteiger partial charge in [0, 0.05) is 5.56 Å². The van der Waals surface area contributed by atoms with E-state index in [2.05, 4.69) is 31.3 Å². The smallest absolute Gasteiger partial charge is 0.150 e. The average molecular weight is 343 g/mol. The van der Waals surface area contributed by atoms with Crippen LogP contribution in [0.3, 0.4) is 0 Å². The minimum absolute atomic E-state index is 0.0230. The van der Waals surface area contributed by atoms with Gasteiger partial charge in [0.2, 0.25) is 0 Å². The van der Waals surface area contributed by atoms with Crippen molar-refractivity contribution in [2.75, 3.05) is 24.8 Å². The van der Waals surface area contributed by atoms with Gasteiger partial charge in [0.15, 0.2) is 0 Å². The molecule has 25 heavy (non-hydrogen) atoms. The number of hydrogen-bond acceptors (Lipinski definition) is 5. The van der Waals surface area contributed by atoms with Crippen LogP contribution in [-0.2, 0) is 0 Å². The Morgan fingerprint density at radius 2 is 1.88 bits per heavy atom. The number of nitrogen functional groups attached to an aromatic ring is 1. The summed E-state index contributed by atoms with van der Waals surface area (Å²) in [5, 5.41) is 12.8. The number of aliphatic hydroxyl groups excluding tert-OH is 1. The first-order valence-corrected chi connectivity index (χ1v) is 8.69. The van der Waals surface area contributed by atoms with E-state index < -0.39 is 0 Å². The Hall–Kier alpha value is -2.27. The van der Waals surface area contributed by atoms with Crippen molar-refractivity contribution in [3.63, 3.8) is 0 Å². The third-order valence-electron chi connectivity index (χ3n) is 4.42. The molecule has 0 fully saturated rings. The van der Waals surface area contributed by atoms with E-state index in [1.165, 1.54) is 5.56 Å². The summed E-state index contributed by atoms with van der Waals surface area (Å²) in [5.41, 5.74) is 9.58. The molecule has 0 aliphatic heterocycles. The first-order valence-electron chi connectivity index (χ1n) is 8.69. The SMILES string of the molecule is COc1ccc(C(C)C)cc1-c1ccc(N)c(N[C@H](CO)C(C)C)n1. The molecule has 0 bridgehead atoms. The fraction of sp³-hybridized carbons (Fsp3) is 0.450. The second-order valence-electron chi connectivity index (χ2n) is 6.93. The van der Waals surface area contributed by atoms with Crippen molar-refractivity contribution in [2.45, 2.75) is 39.7 Å². The molecule has 2 aromatic rings. The lowest BCUT2D eigenvalue weighted by Crippen LogP contribution is -2.30. The van der Waals surface area contributed by atoms with Crippen molar-refractivity contribution < 1.29 is 9.84 Å². The van der Waals surface area contributed by atoms with Gasteiger partial charge in [-0.05, 0) is 41.7 Å². The van der Waals surface area contributed by atoms with Crippen LogP contribution in [0.15, 0.2) is 30.3 Å². The zero-order valence-corrected chi connectivity index (χ0v) is 15.7. The van der Waals surface area contributed by atoms with Crippen LogP contribution in [0.25, 0.3) is 11.3 Å². The highest BCUT2D eigenvalue weighted by atomic mass is 16.5. The molecule has 0 unspecified atom stereocenters. The van der Waals surface area contributed by atoms with Gasteiger partial charge in [-0.3, -0.25) is 0 Å². The van der Waals surface area contributed by atoms with Gasteiger partial charge in [-0.1, -0.05) is 33.8 Å². The maximum absolute atomic E-state index is 9.56. The van der Waals surface area contributed by atoms with E-state index in [-0.39, 0.29) is 18.6 Å². The quantitative estimate of drug-likeness (QED) is 0.710. The highest BCUT2D eigenvalue weighted by Gasteiger charge is 2.16. The fourth-order valence-electron chi connectivity index (χ4n) is 2.62. The molecule has 5 nitrogen and oxygen atoms in total. The van der Waals surface area contributed by atoms with Gasteiger partial charge in [0.1, 0.15) is 11.6 Å². The zero-order chi connectivity index (χ0) is 18.6. The largest absolute Gasteiger partial charge is 0.496 e. The predicted molar refractivity (Wildman–Crippen MR) is 104 cm³/mol. The number of nitrogens with zero attached hydrogens (tertiary/aromatic N) is 1. The van der Waals surface area contributed by atoms with Gasteiger partial charge in [-0.25, -0.2) is 4.98 Å². The number of aliphatic hydroxyl groups is 1. The molecule has 0 saturated carbocycles. The Kier molecular flexibility index (Phi) is 6.26. The Labute approximate surface area is 150 Å². The molecule has 2 rings (SSSR count). The Bertz CT molecular complexity index is 714. The van der Waals surface area contributed by atoms with E-state index in [1.807, 2.05) is 32.0 Å². The number of aromatic nitrogens is 1. The summed E-state index contributed by atoms with van der Waals surface area (Å²) < 4.78 is 5.51. The van der Waals surface area contributed by atoms with E-state index >= 15 is 0 Å². The van der Waals surface area contributed by atoms with E-state index in [4.69, 9.17) is 15.5 Å². The molecule has 0 aliphatic carbocycles. The number of benzene rings is 1. The van der Waals surface area contributed by atoms with Gasteiger partial charge < -0.3 is 20.9 Å². The highest BCUT2D eigenvalue weighted by molar-refractivity contribution is 5.73. The van der Waals surface area contributed by atoms with Crippen LogP contribution in [0.1, 0.15) is 39.2 Å². The lowest BCUT2D eigenvalue weighted by atomic mass is 9.98. The molecule has 1 aromatic heterocycles. The molecule has 4 N–H and O–H groups in total. The molecule has 0 aliphatic rings. The van der Waals surface area contributed by atoms with Crippen LogP contribution in [0, 0.1) is 5.92 Å². The third-order valence-corrected chi connectivity index (χ3v) is 4.42. The summed E-state index contributed by atoms with van der Waals surface area (Å²) in [6, 6.07) is 9.78. The van der Waals surface area contributed by atoms with Crippen LogP contribution in [0.2, 0.25) is 0 Å². The van der Waals surface area contributed by atoms with Crippen molar-refractivity contribution >= 4 is 11.5 Å². The molecule has 0 radical (unpaired) electrons. The lowest BCUT2D eigenvalue weighted by Gasteiger charge is -2.22. The van der Waals surface area contributed by atoms with Crippen LogP contribution in [0.5, 0.6) is 5.75 Å². The van der Waals surface area contributed by atoms with Crippen LogP contribution in [-0.4, -0.2) is 29.8 Å². The zero-order valence-electron chi connectivity index (χ0n) is 15.7. The highest BCUT2D eigenvalue weighted by Crippen LogP contribution is 2.33. The molecule has 5 heteroatoms. The maximum atomic E-state index is 9.56. The monoisotopic (exact) mass is 343 g/mol. The van der Waals surface area contributed by atoms with Gasteiger partial charge in [-0.15, -0.1) is 0 Å². The number of rotatable bonds is 7. The van der Waals surface area contributed by atoms with Gasteiger partial charge >= 0.3 is 0 Å². The van der Waals surface area contributed by atoms with E-state index in [0.717, 1.165) is 17.0 Å². The summed E-state index contributed by atoms with van der Waals surface area (Å²) in [7, 11) is 1.66. The van der Waals surface area contributed by atoms with Crippen LogP contribution < -0.4 is 15.8 Å². The number of nitrogens with one attached hydrogen (secondary N) is 1. The van der Waals surface area contributed by atoms with Crippen molar-refractivity contribution in [3.8, 4) is 17.0 Å². The first-order chi connectivity index (χ1) is 11.9. The number of hydrogen-bond donors (Lipinski definition) is 3. The standard InChI is InChI=1S/C20H29N3O2/c1-12(2)14-6-9-19(25-5)15(10-14)17-8-7-16(21)20(22-17)23-18(11-24)13(3)4/h6-10,12-13,18,24H,11,21H2,1-5H3,(H,22,23)/t18-/m1/s1. The van der Waals surface area contributed by atoms with Crippen molar-refractivity contribution in [3.05, 3.63) is 35.9 Å². The lowest BCUT2D eigenvalue weighted by molar-refractivity contribution is 0.249. The molecular formula is C20H29N3O2. The Balaban J connectivity index is 2.47. The minimum Gasteiger partial charge on any atom is -0.496 e. The molecular weight excluding hydrogens is 314 g/mol. The van der Waals surface area contributed by atoms with Gasteiger partial charge in [0.05, 0.1) is 31.1 Å². The van der Waals surface area contributed by atoms with E-state index in [0.29, 0.717) is 17.4 Å². The molecule has 0 saturated heterocycles. The van der Waals surface area contributed by atoms with Crippen molar-refractivity contribution in [2.24, 2.45) is 5.92 Å². The second kappa shape index (κ2) is 8.21. The molecule has 0 amide bonds. The molecule has 1 heterocycles. The van der Waals surface area contributed by atoms with Crippen LogP contribution >= 0.6 is 0 Å². The van der Waals surface area contributed by atoms with Crippen LogP contribution in [0.4, 0.5) is 11.5 Å². The molecule has 0 spiro atoms. The summed E-state index contributed by atoms with van der Waals surface area (Å²) in [6.45, 7) is 8.42. The van der Waals surface area contributed by atoms with E-state index in [9.17, 15) is 5.11 Å². The van der Waals surface area contributed by atoms with Crippen molar-refractivity contribution in [1.29, 1.82) is 0 Å². The maximum Gasteiger partial charge on any atom is 0.150 e. The molecule has 1 aromatic carbocycles. The summed E-state index contributed by atoms with van der Waals surface area (Å²) in [5.74, 6) is 2.03. The number of nitrogens with two attached hydrogens (primary N) is 1. The summed E-state index contributed by atoms with van der Waals surface area (Å²) >= 11 is 0. The molecule has 1 atom stereocenters. The summed E-state index contributed by atoms with van der Waals surface area (Å²) in [4.78, 5) is 4.69. The van der Waals surface area contributed by atoms with Gasteiger partial charge in [-0.2, -0.15) is 0 Å². The normalized spacial score (nSPS) is 12.5. The first kappa shape index (κ1) is 19.1. The second-order valence-corrected chi connectivity index (χ2v) is 6.93. The van der Waals surface area contributed by atoms with E-state index in [1.54, 1.807) is 7.11 Å². The van der Waals surface area contributed by atoms with Crippen molar-refractivity contribution in [1.82, 2.24) is 4.98 Å². The summed E-state index contributed by atoms with van der Waals surface area (Å²) in [6.07, 6.45) is 0. The number of methoxy groups -OCH3 is 1. The number of anilines is 2. The third kappa shape index (κ3) is 4.42. The molecule has 136 valence electrons. The topological polar surface area (TPSA) is 80.4 Å². The predicted octanol–water partition coefficient (Wildman–Crippen LogP) is 3.89. The number of ether oxygens (including phenoxy) is 1. The average Bonchev–Trinajstić information content (AvgIpc) is 2.60.